The number of benzene rings is 2. The maximum atomic E-state index is 12.3. The second kappa shape index (κ2) is 9.02. The van der Waals surface area contributed by atoms with Gasteiger partial charge in [-0.3, -0.25) is 9.59 Å². The quantitative estimate of drug-likeness (QED) is 0.814. The Bertz CT molecular complexity index is 723. The van der Waals surface area contributed by atoms with Crippen LogP contribution in [0.5, 0.6) is 0 Å². The molecule has 0 saturated heterocycles. The largest absolute Gasteiger partial charge is 0.356 e. The molecule has 2 amide bonds. The van der Waals surface area contributed by atoms with E-state index in [0.717, 1.165) is 17.5 Å². The van der Waals surface area contributed by atoms with E-state index in [0.29, 0.717) is 6.54 Å². The molecular weight excluding hydrogens is 312 g/mol. The molecule has 4 nitrogen and oxygen atoms in total. The van der Waals surface area contributed by atoms with Crippen LogP contribution in [0.1, 0.15) is 41.6 Å². The summed E-state index contributed by atoms with van der Waals surface area (Å²) in [6.07, 6.45) is 1.03. The monoisotopic (exact) mass is 338 g/mol. The van der Waals surface area contributed by atoms with Crippen molar-refractivity contribution in [3.63, 3.8) is 0 Å². The van der Waals surface area contributed by atoms with Crippen LogP contribution in [0.2, 0.25) is 0 Å². The molecule has 132 valence electrons. The smallest absolute Gasteiger partial charge is 0.222 e. The highest BCUT2D eigenvalue weighted by Crippen LogP contribution is 2.17. The van der Waals surface area contributed by atoms with Gasteiger partial charge in [0.2, 0.25) is 11.8 Å². The van der Waals surface area contributed by atoms with Gasteiger partial charge < -0.3 is 10.6 Å². The lowest BCUT2D eigenvalue weighted by Crippen LogP contribution is -2.33. The van der Waals surface area contributed by atoms with Crippen LogP contribution in [0.3, 0.4) is 0 Å². The number of carbonyl (C=O) groups is 2. The Morgan fingerprint density at radius 2 is 1.68 bits per heavy atom. The molecule has 0 aromatic heterocycles. The first-order chi connectivity index (χ1) is 12.0. The fourth-order valence-electron chi connectivity index (χ4n) is 2.78. The molecule has 0 bridgehead atoms. The highest BCUT2D eigenvalue weighted by Gasteiger charge is 2.16. The predicted molar refractivity (Wildman–Crippen MR) is 100 cm³/mol. The summed E-state index contributed by atoms with van der Waals surface area (Å²) in [6, 6.07) is 15.7. The summed E-state index contributed by atoms with van der Waals surface area (Å²) in [7, 11) is 0. The second-order valence-electron chi connectivity index (χ2n) is 6.39. The third-order valence-corrected chi connectivity index (χ3v) is 4.22. The highest BCUT2D eigenvalue weighted by atomic mass is 16.2. The van der Waals surface area contributed by atoms with Gasteiger partial charge in [0.05, 0.1) is 12.5 Å². The minimum absolute atomic E-state index is 0.0621. The van der Waals surface area contributed by atoms with E-state index in [4.69, 9.17) is 0 Å². The second-order valence-corrected chi connectivity index (χ2v) is 6.39. The van der Waals surface area contributed by atoms with E-state index in [2.05, 4.69) is 29.7 Å². The van der Waals surface area contributed by atoms with Crippen LogP contribution in [-0.4, -0.2) is 18.4 Å². The first kappa shape index (κ1) is 18.7. The first-order valence-corrected chi connectivity index (χ1v) is 8.60. The van der Waals surface area contributed by atoms with Gasteiger partial charge in [0.15, 0.2) is 0 Å². The van der Waals surface area contributed by atoms with Gasteiger partial charge in [-0.25, -0.2) is 0 Å². The Morgan fingerprint density at radius 3 is 2.32 bits per heavy atom. The number of aryl methyl sites for hydroxylation is 2. The van der Waals surface area contributed by atoms with E-state index in [1.54, 1.807) is 0 Å². The molecule has 2 aromatic carbocycles. The topological polar surface area (TPSA) is 58.2 Å². The number of hydrogen-bond acceptors (Lipinski definition) is 2. The van der Waals surface area contributed by atoms with Crippen molar-refractivity contribution in [1.29, 1.82) is 0 Å². The van der Waals surface area contributed by atoms with Crippen molar-refractivity contribution in [2.75, 3.05) is 6.54 Å². The van der Waals surface area contributed by atoms with Crippen LogP contribution >= 0.6 is 0 Å². The van der Waals surface area contributed by atoms with E-state index in [1.165, 1.54) is 18.1 Å². The highest BCUT2D eigenvalue weighted by molar-refractivity contribution is 5.79. The molecule has 2 rings (SSSR count). The van der Waals surface area contributed by atoms with Crippen LogP contribution in [-0.2, 0) is 16.0 Å². The zero-order valence-electron chi connectivity index (χ0n) is 15.1. The Hall–Kier alpha value is -2.62. The number of nitrogens with one attached hydrogen (secondary N) is 2. The number of hydrogen-bond donors (Lipinski definition) is 2. The average molecular weight is 338 g/mol. The van der Waals surface area contributed by atoms with Crippen molar-refractivity contribution >= 4 is 11.8 Å². The lowest BCUT2D eigenvalue weighted by Gasteiger charge is -2.18. The molecule has 2 N–H and O–H groups in total. The van der Waals surface area contributed by atoms with Crippen LogP contribution in [0.15, 0.2) is 48.5 Å². The molecule has 0 aliphatic carbocycles. The minimum atomic E-state index is -0.309. The third kappa shape index (κ3) is 6.07. The van der Waals surface area contributed by atoms with Crippen molar-refractivity contribution in [3.05, 3.63) is 70.8 Å². The van der Waals surface area contributed by atoms with Gasteiger partial charge >= 0.3 is 0 Å². The van der Waals surface area contributed by atoms with Crippen molar-refractivity contribution in [2.24, 2.45) is 0 Å². The minimum Gasteiger partial charge on any atom is -0.356 e. The molecule has 0 unspecified atom stereocenters. The summed E-state index contributed by atoms with van der Waals surface area (Å²) < 4.78 is 0. The van der Waals surface area contributed by atoms with Crippen LogP contribution in [0.4, 0.5) is 0 Å². The van der Waals surface area contributed by atoms with E-state index in [9.17, 15) is 9.59 Å². The zero-order valence-corrected chi connectivity index (χ0v) is 15.1. The van der Waals surface area contributed by atoms with E-state index < -0.39 is 0 Å². The van der Waals surface area contributed by atoms with Crippen molar-refractivity contribution in [1.82, 2.24) is 10.6 Å². The number of amides is 2. The molecule has 0 aliphatic heterocycles. The Labute approximate surface area is 149 Å². The molecule has 4 heteroatoms. The predicted octanol–water partition coefficient (Wildman–Crippen LogP) is 3.23. The first-order valence-electron chi connectivity index (χ1n) is 8.60. The maximum absolute atomic E-state index is 12.3. The molecule has 0 aliphatic rings. The maximum Gasteiger partial charge on any atom is 0.222 e. The van der Waals surface area contributed by atoms with E-state index in [-0.39, 0.29) is 24.3 Å². The number of rotatable bonds is 7. The van der Waals surface area contributed by atoms with Gasteiger partial charge in [-0.05, 0) is 37.0 Å². The van der Waals surface area contributed by atoms with Gasteiger partial charge in [0.25, 0.3) is 0 Å². The fraction of sp³-hybridized carbons (Fsp3) is 0.333. The van der Waals surface area contributed by atoms with Gasteiger partial charge in [0, 0.05) is 13.5 Å². The van der Waals surface area contributed by atoms with Crippen LogP contribution in [0, 0.1) is 13.8 Å². The summed E-state index contributed by atoms with van der Waals surface area (Å²) >= 11 is 0. The lowest BCUT2D eigenvalue weighted by atomic mass is 10.0. The summed E-state index contributed by atoms with van der Waals surface area (Å²) in [5.74, 6) is -0.203. The molecule has 2 aromatic rings. The Kier molecular flexibility index (Phi) is 6.75. The summed E-state index contributed by atoms with van der Waals surface area (Å²) in [5.41, 5.74) is 4.55. The molecule has 0 heterocycles. The SMILES string of the molecule is CC(=O)N[C@H](CC(=O)NCCc1ccccc1C)c1ccc(C)cc1. The van der Waals surface area contributed by atoms with Crippen molar-refractivity contribution < 1.29 is 9.59 Å². The summed E-state index contributed by atoms with van der Waals surface area (Å²) in [6.45, 7) is 6.14. The average Bonchev–Trinajstić information content (AvgIpc) is 2.56. The standard InChI is InChI=1S/C21H26N2O2/c1-15-8-10-19(11-9-15)20(23-17(3)24)14-21(25)22-13-12-18-7-5-4-6-16(18)2/h4-11,20H,12-14H2,1-3H3,(H,22,25)(H,23,24)/t20-/m1/s1. The lowest BCUT2D eigenvalue weighted by molar-refractivity contribution is -0.122. The summed E-state index contributed by atoms with van der Waals surface area (Å²) in [5, 5.41) is 5.82. The molecular formula is C21H26N2O2. The van der Waals surface area contributed by atoms with Gasteiger partial charge in [-0.15, -0.1) is 0 Å². The number of carbonyl (C=O) groups excluding carboxylic acids is 2. The van der Waals surface area contributed by atoms with Crippen LogP contribution in [0.25, 0.3) is 0 Å². The molecule has 0 spiro atoms. The van der Waals surface area contributed by atoms with Gasteiger partial charge in [-0.2, -0.15) is 0 Å². The molecule has 1 atom stereocenters. The van der Waals surface area contributed by atoms with Crippen molar-refractivity contribution in [2.45, 2.75) is 39.7 Å². The van der Waals surface area contributed by atoms with Gasteiger partial charge in [-0.1, -0.05) is 54.1 Å². The molecule has 0 saturated carbocycles. The summed E-state index contributed by atoms with van der Waals surface area (Å²) in [4.78, 5) is 23.8. The zero-order chi connectivity index (χ0) is 18.2. The van der Waals surface area contributed by atoms with Gasteiger partial charge in [0.1, 0.15) is 0 Å². The van der Waals surface area contributed by atoms with E-state index >= 15 is 0 Å². The van der Waals surface area contributed by atoms with E-state index in [1.807, 2.05) is 43.3 Å². The van der Waals surface area contributed by atoms with Crippen LogP contribution < -0.4 is 10.6 Å². The van der Waals surface area contributed by atoms with Crippen molar-refractivity contribution in [3.8, 4) is 0 Å². The molecule has 25 heavy (non-hydrogen) atoms. The third-order valence-electron chi connectivity index (χ3n) is 4.22. The normalized spacial score (nSPS) is 11.6. The fourth-order valence-corrected chi connectivity index (χ4v) is 2.78. The molecule has 0 radical (unpaired) electrons. The molecule has 0 fully saturated rings. The Morgan fingerprint density at radius 1 is 1.00 bits per heavy atom. The Balaban J connectivity index is 1.91.